The average Bonchev–Trinajstić information content (AvgIpc) is 1.00. The second kappa shape index (κ2) is 39.6. The van der Waals surface area contributed by atoms with Crippen LogP contribution in [0, 0.1) is 0 Å². The third kappa shape index (κ3) is 12.7. The van der Waals surface area contributed by atoms with Crippen molar-refractivity contribution in [2.75, 3.05) is 0 Å². The molecule has 4 heavy (non-hydrogen) atoms. The summed E-state index contributed by atoms with van der Waals surface area (Å²) in [5.74, 6) is 0. The molecule has 0 rings (SSSR count). The van der Waals surface area contributed by atoms with Gasteiger partial charge in [0.1, 0.15) is 0 Å². The molecule has 22 valence electrons. The Labute approximate surface area is 46.2 Å². The van der Waals surface area contributed by atoms with Crippen LogP contribution in [0.2, 0.25) is 0 Å². The van der Waals surface area contributed by atoms with Gasteiger partial charge in [0.2, 0.25) is 0 Å². The van der Waals surface area contributed by atoms with Crippen LogP contribution in [0.3, 0.4) is 0 Å². The quantitative estimate of drug-likeness (QED) is 0.423. The number of rotatable bonds is 0. The summed E-state index contributed by atoms with van der Waals surface area (Å²) < 4.78 is 8.39. The maximum atomic E-state index is 8.39. The van der Waals surface area contributed by atoms with Crippen LogP contribution < -0.4 is 0 Å². The first-order valence-corrected chi connectivity index (χ1v) is 1.79. The summed E-state index contributed by atoms with van der Waals surface area (Å²) in [6.45, 7) is 0. The maximum absolute atomic E-state index is 8.39. The minimum atomic E-state index is 0. The van der Waals surface area contributed by atoms with Crippen LogP contribution in [0.15, 0.2) is 0 Å². The fourth-order valence-corrected chi connectivity index (χ4v) is 0. The fourth-order valence-electron chi connectivity index (χ4n) is 0. The van der Waals surface area contributed by atoms with Crippen molar-refractivity contribution >= 4 is 43.3 Å². The van der Waals surface area contributed by atoms with E-state index in [4.69, 9.17) is 2.81 Å². The van der Waals surface area contributed by atoms with E-state index in [1.807, 2.05) is 0 Å². The van der Waals surface area contributed by atoms with Crippen molar-refractivity contribution in [1.29, 1.82) is 0 Å². The predicted molar refractivity (Wildman–Crippen MR) is 26.3 cm³/mol. The molecule has 0 aliphatic heterocycles. The van der Waals surface area contributed by atoms with Crippen molar-refractivity contribution in [2.24, 2.45) is 0 Å². The molecule has 0 saturated carbocycles. The zero-order chi connectivity index (χ0) is 2.00. The molecule has 0 radical (unpaired) electrons. The molecular formula is H6BBeBiO. The molecule has 0 N–H and O–H groups in total. The van der Waals surface area contributed by atoms with Crippen LogP contribution >= 0.6 is 0 Å². The van der Waals surface area contributed by atoms with E-state index >= 15 is 0 Å². The van der Waals surface area contributed by atoms with Crippen LogP contribution in [0.4, 0.5) is 0 Å². The molecule has 0 spiro atoms. The summed E-state index contributed by atoms with van der Waals surface area (Å²) in [6, 6.07) is 0. The van der Waals surface area contributed by atoms with Gasteiger partial charge in [0, 0.05) is 0 Å². The Morgan fingerprint density at radius 3 is 1.25 bits per heavy atom. The van der Waals surface area contributed by atoms with Crippen molar-refractivity contribution in [3.05, 3.63) is 0 Å². The van der Waals surface area contributed by atoms with E-state index < -0.39 is 0 Å². The molecule has 0 aromatic rings. The van der Waals surface area contributed by atoms with Crippen LogP contribution in [0.5, 0.6) is 0 Å². The summed E-state index contributed by atoms with van der Waals surface area (Å²) >= 11 is 0.0556. The zero-order valence-corrected chi connectivity index (χ0v) is 4.80. The van der Waals surface area contributed by atoms with E-state index in [0.717, 1.165) is 0 Å². The van der Waals surface area contributed by atoms with Gasteiger partial charge in [-0.15, -0.1) is 0 Å². The Morgan fingerprint density at radius 1 is 1.25 bits per heavy atom. The first kappa shape index (κ1) is 20.5. The molecule has 0 amide bonds. The Kier molecular flexibility index (Phi) is 203. The Hall–Kier alpha value is 0.917. The average molecular weight is 251 g/mol. The monoisotopic (exact) mass is 251 g/mol. The fraction of sp³-hybridized carbons (Fsp3) is 0. The van der Waals surface area contributed by atoms with Gasteiger partial charge in [-0.05, 0) is 0 Å². The number of hydrogen-bond donors (Lipinski definition) is 0. The molecule has 0 aromatic heterocycles. The molecule has 1 nitrogen and oxygen atoms in total. The molecule has 0 atom stereocenters. The second-order valence-electron chi connectivity index (χ2n) is 0. The van der Waals surface area contributed by atoms with Crippen molar-refractivity contribution < 1.29 is 2.81 Å². The third-order valence-corrected chi connectivity index (χ3v) is 0. The Bertz CT molecular complexity index is 8.00. The SMILES string of the molecule is B.[BeH2].[O]=[BiH]. The third-order valence-electron chi connectivity index (χ3n) is 0. The van der Waals surface area contributed by atoms with Gasteiger partial charge in [-0.3, -0.25) is 0 Å². The predicted octanol–water partition coefficient (Wildman–Crippen LogP) is -2.87. The summed E-state index contributed by atoms with van der Waals surface area (Å²) in [4.78, 5) is 0. The Morgan fingerprint density at radius 2 is 1.25 bits per heavy atom. The molecule has 0 heterocycles. The molecule has 0 saturated heterocycles. The molecule has 0 fully saturated rings. The van der Waals surface area contributed by atoms with Crippen LogP contribution in [-0.2, 0) is 2.81 Å². The van der Waals surface area contributed by atoms with E-state index in [2.05, 4.69) is 0 Å². The van der Waals surface area contributed by atoms with Gasteiger partial charge in [0.05, 0.1) is 8.41 Å². The van der Waals surface area contributed by atoms with Gasteiger partial charge in [-0.1, -0.05) is 0 Å². The van der Waals surface area contributed by atoms with E-state index in [1.165, 1.54) is 0 Å². The standard InChI is InChI=1S/BH3.Be.Bi.O.3H/h1H3;;;;;;. The summed E-state index contributed by atoms with van der Waals surface area (Å²) in [6.07, 6.45) is 0. The van der Waals surface area contributed by atoms with Crippen LogP contribution in [0.25, 0.3) is 0 Å². The van der Waals surface area contributed by atoms with Crippen molar-refractivity contribution in [1.82, 2.24) is 0 Å². The van der Waals surface area contributed by atoms with Gasteiger partial charge in [-0.25, -0.2) is 0 Å². The van der Waals surface area contributed by atoms with Gasteiger partial charge >= 0.3 is 37.7 Å². The first-order chi connectivity index (χ1) is 1.00. The van der Waals surface area contributed by atoms with Crippen molar-refractivity contribution in [2.45, 2.75) is 0 Å². The van der Waals surface area contributed by atoms with Gasteiger partial charge in [0.15, 0.2) is 0 Å². The molecule has 0 unspecified atom stereocenters. The minimum absolute atomic E-state index is 0. The van der Waals surface area contributed by atoms with E-state index in [9.17, 15) is 0 Å². The van der Waals surface area contributed by atoms with E-state index in [0.29, 0.717) is 0 Å². The molecule has 4 heteroatoms. The molecule has 0 bridgehead atoms. The molecular weight excluding hydrogens is 245 g/mol. The number of hydrogen-bond acceptors (Lipinski definition) is 1. The normalized spacial score (nSPS) is 1.00. The van der Waals surface area contributed by atoms with Crippen molar-refractivity contribution in [3.8, 4) is 0 Å². The summed E-state index contributed by atoms with van der Waals surface area (Å²) in [7, 11) is 0. The zero-order valence-electron chi connectivity index (χ0n) is 0.908. The molecule has 0 aromatic carbocycles. The van der Waals surface area contributed by atoms with Gasteiger partial charge in [0.25, 0.3) is 0 Å². The molecule has 0 aliphatic rings. The topological polar surface area (TPSA) is 17.1 Å². The van der Waals surface area contributed by atoms with E-state index in [1.54, 1.807) is 0 Å². The van der Waals surface area contributed by atoms with E-state index in [-0.39, 0.29) is 43.3 Å². The summed E-state index contributed by atoms with van der Waals surface area (Å²) in [5.41, 5.74) is 0. The van der Waals surface area contributed by atoms with Crippen LogP contribution in [-0.4, -0.2) is 43.3 Å². The van der Waals surface area contributed by atoms with Gasteiger partial charge in [-0.2, -0.15) is 0 Å². The second-order valence-corrected chi connectivity index (χ2v) is 0. The summed E-state index contributed by atoms with van der Waals surface area (Å²) in [5, 5.41) is 0. The first-order valence-electron chi connectivity index (χ1n) is 0.204. The van der Waals surface area contributed by atoms with Crippen molar-refractivity contribution in [3.63, 3.8) is 0 Å². The Balaban J connectivity index is -0.00000000500. The van der Waals surface area contributed by atoms with Gasteiger partial charge < -0.3 is 0 Å². The van der Waals surface area contributed by atoms with Crippen LogP contribution in [0.1, 0.15) is 0 Å². The molecule has 0 aliphatic carbocycles.